The fourth-order valence-corrected chi connectivity index (χ4v) is 5.76. The highest BCUT2D eigenvalue weighted by Crippen LogP contribution is 2.48. The Morgan fingerprint density at radius 3 is 2.00 bits per heavy atom. The SMILES string of the molecule is CCOP(=O)(CN(CCc1ccccn1)C(=O)Cc1cc(C(C)(C)C)c(O)c(C(C)(C)C)c1)OCC. The fourth-order valence-electron chi connectivity index (χ4n) is 4.02. The van der Waals surface area contributed by atoms with Gasteiger partial charge in [-0.05, 0) is 53.5 Å². The number of hydrogen-bond acceptors (Lipinski definition) is 6. The van der Waals surface area contributed by atoms with Crippen LogP contribution >= 0.6 is 7.60 Å². The van der Waals surface area contributed by atoms with Crippen LogP contribution in [-0.2, 0) is 42.1 Å². The maximum Gasteiger partial charge on any atom is 0.349 e. The average Bonchev–Trinajstić information content (AvgIpc) is 2.77. The second kappa shape index (κ2) is 12.4. The lowest BCUT2D eigenvalue weighted by Gasteiger charge is -2.29. The van der Waals surface area contributed by atoms with E-state index in [1.165, 1.54) is 0 Å². The molecule has 2 rings (SSSR count). The first-order chi connectivity index (χ1) is 16.7. The van der Waals surface area contributed by atoms with Crippen molar-refractivity contribution in [3.05, 3.63) is 58.9 Å². The van der Waals surface area contributed by atoms with Crippen LogP contribution in [0.5, 0.6) is 5.75 Å². The van der Waals surface area contributed by atoms with Crippen LogP contribution in [0.25, 0.3) is 0 Å². The van der Waals surface area contributed by atoms with E-state index in [0.717, 1.165) is 22.4 Å². The first-order valence-corrected chi connectivity index (χ1v) is 14.4. The highest BCUT2D eigenvalue weighted by atomic mass is 31.2. The van der Waals surface area contributed by atoms with Gasteiger partial charge in [0.2, 0.25) is 5.91 Å². The molecule has 0 unspecified atom stereocenters. The van der Waals surface area contributed by atoms with Gasteiger partial charge in [-0.2, -0.15) is 0 Å². The zero-order valence-electron chi connectivity index (χ0n) is 23.1. The Kier molecular flexibility index (Phi) is 10.3. The third-order valence-corrected chi connectivity index (χ3v) is 7.84. The van der Waals surface area contributed by atoms with Gasteiger partial charge in [0.15, 0.2) is 0 Å². The van der Waals surface area contributed by atoms with Crippen molar-refractivity contribution >= 4 is 13.5 Å². The molecule has 2 aromatic rings. The van der Waals surface area contributed by atoms with E-state index in [0.29, 0.717) is 13.0 Å². The zero-order valence-corrected chi connectivity index (χ0v) is 24.0. The van der Waals surface area contributed by atoms with Crippen LogP contribution in [-0.4, -0.2) is 46.9 Å². The molecule has 7 nitrogen and oxygen atoms in total. The predicted octanol–water partition coefficient (Wildman–Crippen LogP) is 6.22. The number of carbonyl (C=O) groups excluding carboxylic acids is 1. The minimum absolute atomic E-state index is 0.104. The number of carbonyl (C=O) groups is 1. The molecule has 0 fully saturated rings. The molecule has 0 radical (unpaired) electrons. The molecule has 1 amide bonds. The summed E-state index contributed by atoms with van der Waals surface area (Å²) >= 11 is 0. The molecule has 1 aromatic carbocycles. The van der Waals surface area contributed by atoms with Crippen molar-refractivity contribution in [1.82, 2.24) is 9.88 Å². The number of pyridine rings is 1. The third-order valence-electron chi connectivity index (χ3n) is 5.85. The van der Waals surface area contributed by atoms with Gasteiger partial charge in [-0.15, -0.1) is 0 Å². The van der Waals surface area contributed by atoms with Gasteiger partial charge in [0.05, 0.1) is 19.6 Å². The number of amides is 1. The lowest BCUT2D eigenvalue weighted by molar-refractivity contribution is -0.129. The number of aromatic nitrogens is 1. The van der Waals surface area contributed by atoms with Gasteiger partial charge >= 0.3 is 7.60 Å². The van der Waals surface area contributed by atoms with E-state index in [4.69, 9.17) is 9.05 Å². The first-order valence-electron chi connectivity index (χ1n) is 12.6. The number of aromatic hydroxyl groups is 1. The molecule has 0 aliphatic rings. The van der Waals surface area contributed by atoms with E-state index in [1.54, 1.807) is 24.9 Å². The highest BCUT2D eigenvalue weighted by molar-refractivity contribution is 7.53. The number of rotatable bonds is 11. The zero-order chi connectivity index (χ0) is 27.1. The van der Waals surface area contributed by atoms with Crippen molar-refractivity contribution in [3.63, 3.8) is 0 Å². The van der Waals surface area contributed by atoms with E-state index >= 15 is 0 Å². The van der Waals surface area contributed by atoms with E-state index in [1.807, 2.05) is 71.9 Å². The molecule has 0 spiro atoms. The largest absolute Gasteiger partial charge is 0.507 e. The second-order valence-corrected chi connectivity index (χ2v) is 13.1. The Bertz CT molecular complexity index is 1010. The number of nitrogens with zero attached hydrogens (tertiary/aromatic N) is 2. The number of phenolic OH excluding ortho intramolecular Hbond substituents is 1. The minimum Gasteiger partial charge on any atom is -0.507 e. The van der Waals surface area contributed by atoms with Gasteiger partial charge in [-0.3, -0.25) is 14.3 Å². The van der Waals surface area contributed by atoms with E-state index in [-0.39, 0.29) is 48.4 Å². The Labute approximate surface area is 216 Å². The normalized spacial score (nSPS) is 12.6. The van der Waals surface area contributed by atoms with E-state index < -0.39 is 7.60 Å². The molecule has 1 N–H and O–H groups in total. The summed E-state index contributed by atoms with van der Waals surface area (Å²) in [5, 5.41) is 11.0. The molecule has 0 aliphatic heterocycles. The van der Waals surface area contributed by atoms with Gasteiger partial charge in [0.25, 0.3) is 0 Å². The molecule has 0 saturated carbocycles. The van der Waals surface area contributed by atoms with Crippen molar-refractivity contribution in [1.29, 1.82) is 0 Å². The summed E-state index contributed by atoms with van der Waals surface area (Å²) in [5.74, 6) is 0.0892. The lowest BCUT2D eigenvalue weighted by Crippen LogP contribution is -2.36. The standard InChI is InChI=1S/C28H43N2O5P/c1-9-34-36(33,35-10-2)20-30(16-14-22-13-11-12-15-29-22)25(31)19-21-17-23(27(3,4)5)26(32)24(18-21)28(6,7)8/h11-13,15,17-18,32H,9-10,14,16,19-20H2,1-8H3. The van der Waals surface area contributed by atoms with Gasteiger partial charge < -0.3 is 19.1 Å². The number of benzene rings is 1. The van der Waals surface area contributed by atoms with Crippen molar-refractivity contribution in [3.8, 4) is 5.75 Å². The Balaban J connectivity index is 2.42. The molecule has 200 valence electrons. The molecule has 0 bridgehead atoms. The van der Waals surface area contributed by atoms with Gasteiger partial charge in [-0.1, -0.05) is 59.7 Å². The number of hydrogen-bond donors (Lipinski definition) is 1. The van der Waals surface area contributed by atoms with Crippen LogP contribution in [0.15, 0.2) is 36.5 Å². The third kappa shape index (κ3) is 8.43. The molecular formula is C28H43N2O5P. The quantitative estimate of drug-likeness (QED) is 0.355. The highest BCUT2D eigenvalue weighted by Gasteiger charge is 2.31. The minimum atomic E-state index is -3.49. The molecule has 0 aliphatic carbocycles. The topological polar surface area (TPSA) is 89.0 Å². The van der Waals surface area contributed by atoms with Crippen LogP contribution in [0, 0.1) is 0 Å². The summed E-state index contributed by atoms with van der Waals surface area (Å²) in [6, 6.07) is 9.46. The fraction of sp³-hybridized carbons (Fsp3) is 0.571. The van der Waals surface area contributed by atoms with Crippen molar-refractivity contribution in [2.45, 2.75) is 79.1 Å². The summed E-state index contributed by atoms with van der Waals surface area (Å²) in [4.78, 5) is 19.5. The Hall–Kier alpha value is -2.21. The first kappa shape index (κ1) is 30.0. The molecular weight excluding hydrogens is 475 g/mol. The van der Waals surface area contributed by atoms with Crippen LogP contribution < -0.4 is 0 Å². The van der Waals surface area contributed by atoms with Crippen LogP contribution in [0.2, 0.25) is 0 Å². The van der Waals surface area contributed by atoms with Crippen molar-refractivity contribution < 1.29 is 23.5 Å². The molecule has 8 heteroatoms. The van der Waals surface area contributed by atoms with Crippen LogP contribution in [0.4, 0.5) is 0 Å². The predicted molar refractivity (Wildman–Crippen MR) is 145 cm³/mol. The maximum atomic E-state index is 13.6. The summed E-state index contributed by atoms with van der Waals surface area (Å²) in [6.45, 7) is 16.5. The molecule has 0 atom stereocenters. The van der Waals surface area contributed by atoms with Gasteiger partial charge in [-0.25, -0.2) is 0 Å². The molecule has 1 aromatic heterocycles. The summed E-state index contributed by atoms with van der Waals surface area (Å²) in [6.07, 6.45) is 2.20. The molecule has 36 heavy (non-hydrogen) atoms. The van der Waals surface area contributed by atoms with E-state index in [2.05, 4.69) is 4.98 Å². The Morgan fingerprint density at radius 1 is 1.00 bits per heavy atom. The number of phenols is 1. The molecule has 1 heterocycles. The lowest BCUT2D eigenvalue weighted by atomic mass is 9.78. The summed E-state index contributed by atoms with van der Waals surface area (Å²) in [5.41, 5.74) is 2.63. The Morgan fingerprint density at radius 2 is 1.56 bits per heavy atom. The molecule has 0 saturated heterocycles. The average molecular weight is 519 g/mol. The van der Waals surface area contributed by atoms with Crippen molar-refractivity contribution in [2.75, 3.05) is 26.0 Å². The van der Waals surface area contributed by atoms with Gasteiger partial charge in [0.1, 0.15) is 12.0 Å². The summed E-state index contributed by atoms with van der Waals surface area (Å²) < 4.78 is 24.3. The second-order valence-electron chi connectivity index (χ2n) is 11.0. The monoisotopic (exact) mass is 518 g/mol. The van der Waals surface area contributed by atoms with E-state index in [9.17, 15) is 14.5 Å². The van der Waals surface area contributed by atoms with Crippen LogP contribution in [0.3, 0.4) is 0 Å². The summed E-state index contributed by atoms with van der Waals surface area (Å²) in [7, 11) is -3.49. The van der Waals surface area contributed by atoms with Crippen LogP contribution in [0.1, 0.15) is 77.8 Å². The van der Waals surface area contributed by atoms with Gasteiger partial charge in [0, 0.05) is 24.9 Å². The smallest absolute Gasteiger partial charge is 0.349 e. The van der Waals surface area contributed by atoms with Crippen molar-refractivity contribution in [2.24, 2.45) is 0 Å². The maximum absolute atomic E-state index is 13.6.